The van der Waals surface area contributed by atoms with E-state index in [0.29, 0.717) is 4.47 Å². The molecule has 0 fully saturated rings. The highest BCUT2D eigenvalue weighted by atomic mass is 79.9. The fourth-order valence-electron chi connectivity index (χ4n) is 1.57. The molecule has 20 heavy (non-hydrogen) atoms. The van der Waals surface area contributed by atoms with E-state index in [1.54, 1.807) is 12.1 Å². The van der Waals surface area contributed by atoms with Crippen LogP contribution in [0.2, 0.25) is 0 Å². The number of benzene rings is 1. The zero-order valence-corrected chi connectivity index (χ0v) is 12.4. The van der Waals surface area contributed by atoms with Crippen molar-refractivity contribution in [3.8, 4) is 0 Å². The quantitative estimate of drug-likeness (QED) is 0.848. The zero-order chi connectivity index (χ0) is 14.5. The monoisotopic (exact) mass is 332 g/mol. The molecule has 2 N–H and O–H groups in total. The first-order chi connectivity index (χ1) is 9.54. The number of nitrogens with one attached hydrogen (secondary N) is 2. The molecule has 1 aromatic carbocycles. The molecule has 0 radical (unpaired) electrons. The van der Waals surface area contributed by atoms with Gasteiger partial charge in [0.1, 0.15) is 5.69 Å². The lowest BCUT2D eigenvalue weighted by molar-refractivity contribution is -0.111. The Morgan fingerprint density at radius 2 is 2.00 bits per heavy atom. The Kier molecular flexibility index (Phi) is 4.53. The van der Waals surface area contributed by atoms with Gasteiger partial charge in [-0.1, -0.05) is 29.8 Å². The summed E-state index contributed by atoms with van der Waals surface area (Å²) in [6.07, 6.45) is 4.60. The van der Waals surface area contributed by atoms with Gasteiger partial charge in [0.15, 0.2) is 0 Å². The number of aromatic amines is 1. The SMILES string of the molecule is Cc1ccc(/C=C/C(=O)Nc2cc(Br)c[nH]c2=O)cc1. The molecule has 2 rings (SSSR count). The largest absolute Gasteiger partial charge is 0.326 e. The maximum Gasteiger partial charge on any atom is 0.271 e. The number of hydrogen-bond acceptors (Lipinski definition) is 2. The van der Waals surface area contributed by atoms with E-state index in [-0.39, 0.29) is 17.2 Å². The number of carbonyl (C=O) groups excluding carboxylic acids is 1. The number of hydrogen-bond donors (Lipinski definition) is 2. The molecular formula is C15H13BrN2O2. The number of halogens is 1. The van der Waals surface area contributed by atoms with Crippen LogP contribution in [0, 0.1) is 6.92 Å². The lowest BCUT2D eigenvalue weighted by atomic mass is 10.1. The Labute approximate surface area is 124 Å². The second-order valence-electron chi connectivity index (χ2n) is 4.29. The summed E-state index contributed by atoms with van der Waals surface area (Å²) < 4.78 is 0.690. The summed E-state index contributed by atoms with van der Waals surface area (Å²) in [4.78, 5) is 25.8. The molecule has 1 aromatic heterocycles. The molecule has 4 nitrogen and oxygen atoms in total. The average Bonchev–Trinajstić information content (AvgIpc) is 2.42. The molecule has 0 saturated heterocycles. The highest BCUT2D eigenvalue weighted by Gasteiger charge is 2.03. The molecule has 0 saturated carbocycles. The van der Waals surface area contributed by atoms with Crippen LogP contribution in [0.15, 0.2) is 51.9 Å². The van der Waals surface area contributed by atoms with Crippen molar-refractivity contribution in [3.63, 3.8) is 0 Å². The van der Waals surface area contributed by atoms with E-state index in [2.05, 4.69) is 26.2 Å². The molecule has 0 spiro atoms. The average molecular weight is 333 g/mol. The molecule has 0 aliphatic carbocycles. The summed E-state index contributed by atoms with van der Waals surface area (Å²) in [5.74, 6) is -0.353. The first-order valence-corrected chi connectivity index (χ1v) is 6.78. The third-order valence-electron chi connectivity index (χ3n) is 2.63. The maximum absolute atomic E-state index is 11.8. The van der Waals surface area contributed by atoms with Crippen LogP contribution in [-0.2, 0) is 4.79 Å². The first kappa shape index (κ1) is 14.3. The van der Waals surface area contributed by atoms with Crippen LogP contribution in [-0.4, -0.2) is 10.9 Å². The van der Waals surface area contributed by atoms with E-state index in [1.807, 2.05) is 31.2 Å². The molecule has 102 valence electrons. The Bertz CT molecular complexity index is 703. The van der Waals surface area contributed by atoms with Crippen LogP contribution in [0.5, 0.6) is 0 Å². The topological polar surface area (TPSA) is 62.0 Å². The normalized spacial score (nSPS) is 10.7. The summed E-state index contributed by atoms with van der Waals surface area (Å²) in [6, 6.07) is 9.33. The zero-order valence-electron chi connectivity index (χ0n) is 10.8. The summed E-state index contributed by atoms with van der Waals surface area (Å²) in [7, 11) is 0. The fraction of sp³-hybridized carbons (Fsp3) is 0.0667. The van der Waals surface area contributed by atoms with Gasteiger partial charge in [0, 0.05) is 16.7 Å². The van der Waals surface area contributed by atoms with Gasteiger partial charge in [-0.2, -0.15) is 0 Å². The van der Waals surface area contributed by atoms with E-state index in [1.165, 1.54) is 12.3 Å². The van der Waals surface area contributed by atoms with Crippen LogP contribution in [0.1, 0.15) is 11.1 Å². The highest BCUT2D eigenvalue weighted by Crippen LogP contribution is 2.10. The third kappa shape index (κ3) is 3.93. The van der Waals surface area contributed by atoms with Gasteiger partial charge < -0.3 is 10.3 Å². The fourth-order valence-corrected chi connectivity index (χ4v) is 1.92. The number of aryl methyl sites for hydroxylation is 1. The predicted molar refractivity (Wildman–Crippen MR) is 83.6 cm³/mol. The molecule has 1 heterocycles. The summed E-state index contributed by atoms with van der Waals surface area (Å²) in [6.45, 7) is 2.00. The van der Waals surface area contributed by atoms with Gasteiger partial charge in [-0.25, -0.2) is 0 Å². The van der Waals surface area contributed by atoms with Crippen LogP contribution in [0.4, 0.5) is 5.69 Å². The molecular weight excluding hydrogens is 320 g/mol. The van der Waals surface area contributed by atoms with Gasteiger partial charge in [-0.3, -0.25) is 9.59 Å². The van der Waals surface area contributed by atoms with E-state index >= 15 is 0 Å². The molecule has 5 heteroatoms. The van der Waals surface area contributed by atoms with Crippen molar-refractivity contribution in [2.75, 3.05) is 5.32 Å². The Morgan fingerprint density at radius 3 is 2.70 bits per heavy atom. The molecule has 0 unspecified atom stereocenters. The molecule has 0 aliphatic rings. The minimum Gasteiger partial charge on any atom is -0.326 e. The van der Waals surface area contributed by atoms with Crippen molar-refractivity contribution in [2.45, 2.75) is 6.92 Å². The van der Waals surface area contributed by atoms with E-state index in [9.17, 15) is 9.59 Å². The van der Waals surface area contributed by atoms with Gasteiger partial charge >= 0.3 is 0 Å². The van der Waals surface area contributed by atoms with E-state index in [4.69, 9.17) is 0 Å². The van der Waals surface area contributed by atoms with E-state index < -0.39 is 0 Å². The lowest BCUT2D eigenvalue weighted by Gasteiger charge is -2.01. The van der Waals surface area contributed by atoms with E-state index in [0.717, 1.165) is 11.1 Å². The van der Waals surface area contributed by atoms with Crippen molar-refractivity contribution in [3.05, 3.63) is 68.6 Å². The van der Waals surface area contributed by atoms with Crippen molar-refractivity contribution < 1.29 is 4.79 Å². The Hall–Kier alpha value is -2.14. The van der Waals surface area contributed by atoms with Crippen LogP contribution < -0.4 is 10.9 Å². The Balaban J connectivity index is 2.07. The number of aromatic nitrogens is 1. The molecule has 0 atom stereocenters. The van der Waals surface area contributed by atoms with Crippen molar-refractivity contribution in [1.82, 2.24) is 4.98 Å². The number of anilines is 1. The number of carbonyl (C=O) groups is 1. The van der Waals surface area contributed by atoms with Gasteiger partial charge in [-0.15, -0.1) is 0 Å². The standard InChI is InChI=1S/C15H13BrN2O2/c1-10-2-4-11(5-3-10)6-7-14(19)18-13-8-12(16)9-17-15(13)20/h2-9H,1H3,(H,17,20)(H,18,19)/b7-6+. The Morgan fingerprint density at radius 1 is 1.30 bits per heavy atom. The minimum atomic E-state index is -0.353. The molecule has 2 aromatic rings. The van der Waals surface area contributed by atoms with Gasteiger partial charge in [0.2, 0.25) is 5.91 Å². The second-order valence-corrected chi connectivity index (χ2v) is 5.21. The summed E-state index contributed by atoms with van der Waals surface area (Å²) in [5, 5.41) is 2.53. The van der Waals surface area contributed by atoms with Gasteiger partial charge in [-0.05, 0) is 40.6 Å². The molecule has 1 amide bonds. The predicted octanol–water partition coefficient (Wildman–Crippen LogP) is 3.10. The van der Waals surface area contributed by atoms with Gasteiger partial charge in [0.05, 0.1) is 0 Å². The van der Waals surface area contributed by atoms with Crippen molar-refractivity contribution in [1.29, 1.82) is 0 Å². The maximum atomic E-state index is 11.8. The number of pyridine rings is 1. The van der Waals surface area contributed by atoms with Crippen LogP contribution >= 0.6 is 15.9 Å². The highest BCUT2D eigenvalue weighted by molar-refractivity contribution is 9.10. The number of rotatable bonds is 3. The third-order valence-corrected chi connectivity index (χ3v) is 3.09. The van der Waals surface area contributed by atoms with Gasteiger partial charge in [0.25, 0.3) is 5.56 Å². The van der Waals surface area contributed by atoms with Crippen molar-refractivity contribution in [2.24, 2.45) is 0 Å². The van der Waals surface area contributed by atoms with Crippen LogP contribution in [0.3, 0.4) is 0 Å². The first-order valence-electron chi connectivity index (χ1n) is 5.98. The summed E-state index contributed by atoms with van der Waals surface area (Å²) >= 11 is 3.23. The smallest absolute Gasteiger partial charge is 0.271 e. The number of H-pyrrole nitrogens is 1. The van der Waals surface area contributed by atoms with Crippen molar-refractivity contribution >= 4 is 33.6 Å². The second kappa shape index (κ2) is 6.34. The minimum absolute atomic E-state index is 0.206. The lowest BCUT2D eigenvalue weighted by Crippen LogP contribution is -2.17. The molecule has 0 bridgehead atoms. The summed E-state index contributed by atoms with van der Waals surface area (Å²) in [5.41, 5.74) is 1.95. The number of amides is 1. The van der Waals surface area contributed by atoms with Crippen LogP contribution in [0.25, 0.3) is 6.08 Å². The molecule has 0 aliphatic heterocycles.